The van der Waals surface area contributed by atoms with E-state index in [4.69, 9.17) is 9.47 Å². The number of carbonyl (C=O) groups is 1. The normalized spacial score (nSPS) is 22.7. The number of carbonyl (C=O) groups excluding carboxylic acids is 1. The van der Waals surface area contributed by atoms with Gasteiger partial charge >= 0.3 is 5.69 Å². The van der Waals surface area contributed by atoms with E-state index in [-0.39, 0.29) is 41.2 Å². The summed E-state index contributed by atoms with van der Waals surface area (Å²) in [7, 11) is 0. The van der Waals surface area contributed by atoms with E-state index >= 15 is 0 Å². The molecule has 12 heteroatoms. The lowest BCUT2D eigenvalue weighted by molar-refractivity contribution is -0.123. The molecule has 1 saturated heterocycles. The first-order valence-electron chi connectivity index (χ1n) is 11.5. The number of nitrogens with one attached hydrogen (secondary N) is 2. The average Bonchev–Trinajstić information content (AvgIpc) is 3.14. The molecule has 3 aromatic rings. The zero-order valence-electron chi connectivity index (χ0n) is 19.4. The van der Waals surface area contributed by atoms with E-state index in [1.165, 1.54) is 18.3 Å². The lowest BCUT2D eigenvalue weighted by Gasteiger charge is -2.28. The number of aliphatic hydroxyl groups excluding tert-OH is 1. The molecule has 2 aliphatic rings. The van der Waals surface area contributed by atoms with Crippen LogP contribution in [-0.2, 0) is 16.0 Å². The van der Waals surface area contributed by atoms with E-state index in [2.05, 4.69) is 10.3 Å². The maximum atomic E-state index is 15.0. The fraction of sp³-hybridized carbons (Fsp3) is 0.320. The van der Waals surface area contributed by atoms with Crippen LogP contribution in [0.2, 0.25) is 0 Å². The number of aromatic amines is 1. The standard InChI is InChI=1S/C25H22F3N3O6/c1-2-11-10-31(25(35)30-22(11)33)24-20(28)21(32)18(37-24)9-29-23(34)19-14-7-12(26)3-5-16(14)36-17-6-4-13(27)8-15(17)19/h3-8,10,18-21,24,32H,2,9H2,1H3,(H,29,34)(H,30,33,35)/t18-,20-,21-,24-/m1/s1. The van der Waals surface area contributed by atoms with Crippen molar-refractivity contribution in [3.05, 3.63) is 91.8 Å². The second-order valence-electron chi connectivity index (χ2n) is 8.82. The third-order valence-corrected chi connectivity index (χ3v) is 6.52. The van der Waals surface area contributed by atoms with Gasteiger partial charge in [0.15, 0.2) is 12.4 Å². The van der Waals surface area contributed by atoms with E-state index in [9.17, 15) is 32.7 Å². The first-order valence-corrected chi connectivity index (χ1v) is 11.5. The Labute approximate surface area is 207 Å². The number of benzene rings is 2. The molecule has 0 saturated carbocycles. The number of ether oxygens (including phenoxy) is 2. The predicted molar refractivity (Wildman–Crippen MR) is 123 cm³/mol. The quantitative estimate of drug-likeness (QED) is 0.476. The number of aromatic nitrogens is 2. The van der Waals surface area contributed by atoms with Crippen LogP contribution in [0.3, 0.4) is 0 Å². The maximum absolute atomic E-state index is 15.0. The zero-order chi connectivity index (χ0) is 26.4. The SMILES string of the molecule is CCc1cn([C@@H]2O[C@H](CNC(=O)C3c4cc(F)ccc4Oc4ccc(F)cc43)[C@@H](O)[C@H]2F)c(=O)[nH]c1=O. The molecule has 1 aromatic heterocycles. The minimum atomic E-state index is -2.04. The van der Waals surface area contributed by atoms with Gasteiger partial charge in [0.2, 0.25) is 5.91 Å². The first kappa shape index (κ1) is 24.8. The molecule has 37 heavy (non-hydrogen) atoms. The van der Waals surface area contributed by atoms with Crippen LogP contribution in [0.4, 0.5) is 13.2 Å². The van der Waals surface area contributed by atoms with Crippen LogP contribution >= 0.6 is 0 Å². The monoisotopic (exact) mass is 517 g/mol. The molecule has 0 aliphatic carbocycles. The lowest BCUT2D eigenvalue weighted by atomic mass is 9.87. The van der Waals surface area contributed by atoms with Gasteiger partial charge in [0, 0.05) is 29.4 Å². The van der Waals surface area contributed by atoms with Crippen LogP contribution in [0, 0.1) is 11.6 Å². The lowest BCUT2D eigenvalue weighted by Crippen LogP contribution is -2.41. The van der Waals surface area contributed by atoms with Crippen molar-refractivity contribution in [3.8, 4) is 11.5 Å². The Hall–Kier alpha value is -3.90. The van der Waals surface area contributed by atoms with Gasteiger partial charge in [-0.15, -0.1) is 0 Å². The summed E-state index contributed by atoms with van der Waals surface area (Å²) < 4.78 is 55.1. The summed E-state index contributed by atoms with van der Waals surface area (Å²) in [5.41, 5.74) is -0.969. The van der Waals surface area contributed by atoms with Crippen molar-refractivity contribution < 1.29 is 32.5 Å². The fourth-order valence-electron chi connectivity index (χ4n) is 4.61. The van der Waals surface area contributed by atoms with Crippen LogP contribution in [-0.4, -0.2) is 45.5 Å². The van der Waals surface area contributed by atoms with E-state index < -0.39 is 59.3 Å². The third-order valence-electron chi connectivity index (χ3n) is 6.52. The van der Waals surface area contributed by atoms with Gasteiger partial charge < -0.3 is 19.9 Å². The van der Waals surface area contributed by atoms with Crippen molar-refractivity contribution in [3.63, 3.8) is 0 Å². The van der Waals surface area contributed by atoms with Crippen molar-refractivity contribution in [2.45, 2.75) is 43.9 Å². The Morgan fingerprint density at radius 2 is 1.73 bits per heavy atom. The molecule has 0 unspecified atom stereocenters. The number of H-pyrrole nitrogens is 1. The zero-order valence-corrected chi connectivity index (χ0v) is 19.4. The molecule has 3 N–H and O–H groups in total. The van der Waals surface area contributed by atoms with Gasteiger partial charge in [0.05, 0.1) is 5.92 Å². The smallest absolute Gasteiger partial charge is 0.330 e. The summed E-state index contributed by atoms with van der Waals surface area (Å²) in [6.45, 7) is 1.31. The Kier molecular flexibility index (Phi) is 6.38. The number of aryl methyl sites for hydroxylation is 1. The Morgan fingerprint density at radius 3 is 2.32 bits per heavy atom. The number of amides is 1. The molecule has 3 heterocycles. The van der Waals surface area contributed by atoms with Crippen LogP contribution < -0.4 is 21.3 Å². The summed E-state index contributed by atoms with van der Waals surface area (Å²) in [6, 6.07) is 7.24. The van der Waals surface area contributed by atoms with Crippen LogP contribution in [0.5, 0.6) is 11.5 Å². The van der Waals surface area contributed by atoms with E-state index in [1.54, 1.807) is 6.92 Å². The first-order chi connectivity index (χ1) is 17.7. The van der Waals surface area contributed by atoms with Gasteiger partial charge in [-0.05, 0) is 42.8 Å². The van der Waals surface area contributed by atoms with Gasteiger partial charge in [0.1, 0.15) is 35.3 Å². The molecule has 5 rings (SSSR count). The molecule has 0 bridgehead atoms. The number of fused-ring (bicyclic) bond motifs is 2. The van der Waals surface area contributed by atoms with Gasteiger partial charge in [-0.3, -0.25) is 19.1 Å². The van der Waals surface area contributed by atoms with Gasteiger partial charge in [-0.2, -0.15) is 0 Å². The molecule has 0 radical (unpaired) electrons. The molecule has 2 aliphatic heterocycles. The van der Waals surface area contributed by atoms with Crippen molar-refractivity contribution in [2.75, 3.05) is 6.54 Å². The molecule has 1 fully saturated rings. The van der Waals surface area contributed by atoms with E-state index in [0.29, 0.717) is 0 Å². The third kappa shape index (κ3) is 4.42. The van der Waals surface area contributed by atoms with Crippen molar-refractivity contribution in [1.29, 1.82) is 0 Å². The molecule has 2 aromatic carbocycles. The predicted octanol–water partition coefficient (Wildman–Crippen LogP) is 2.03. The summed E-state index contributed by atoms with van der Waals surface area (Å²) in [4.78, 5) is 39.5. The Bertz CT molecular complexity index is 1440. The van der Waals surface area contributed by atoms with Crippen LogP contribution in [0.25, 0.3) is 0 Å². The minimum Gasteiger partial charge on any atom is -0.457 e. The van der Waals surface area contributed by atoms with Gasteiger partial charge in [-0.1, -0.05) is 6.92 Å². The molecular formula is C25H22F3N3O6. The van der Waals surface area contributed by atoms with Gasteiger partial charge in [-0.25, -0.2) is 18.0 Å². The number of halogens is 3. The maximum Gasteiger partial charge on any atom is 0.330 e. The highest BCUT2D eigenvalue weighted by Crippen LogP contribution is 2.44. The summed E-state index contributed by atoms with van der Waals surface area (Å²) in [6.07, 6.45) is -5.10. The highest BCUT2D eigenvalue weighted by atomic mass is 19.1. The number of nitrogens with zero attached hydrogens (tertiary/aromatic N) is 1. The number of hydrogen-bond donors (Lipinski definition) is 3. The summed E-state index contributed by atoms with van der Waals surface area (Å²) >= 11 is 0. The molecule has 194 valence electrons. The minimum absolute atomic E-state index is 0.164. The van der Waals surface area contributed by atoms with E-state index in [1.807, 2.05) is 0 Å². The fourth-order valence-corrected chi connectivity index (χ4v) is 4.61. The summed E-state index contributed by atoms with van der Waals surface area (Å²) in [5.74, 6) is -2.68. The molecule has 4 atom stereocenters. The van der Waals surface area contributed by atoms with Crippen LogP contribution in [0.15, 0.2) is 52.2 Å². The van der Waals surface area contributed by atoms with Crippen molar-refractivity contribution in [2.24, 2.45) is 0 Å². The number of rotatable bonds is 5. The second-order valence-corrected chi connectivity index (χ2v) is 8.82. The molecular weight excluding hydrogens is 495 g/mol. The Morgan fingerprint density at radius 1 is 1.11 bits per heavy atom. The second kappa shape index (κ2) is 9.52. The molecule has 1 amide bonds. The number of alkyl halides is 1. The van der Waals surface area contributed by atoms with Gasteiger partial charge in [0.25, 0.3) is 5.56 Å². The average molecular weight is 517 g/mol. The number of hydrogen-bond acceptors (Lipinski definition) is 6. The topological polar surface area (TPSA) is 123 Å². The highest BCUT2D eigenvalue weighted by Gasteiger charge is 2.46. The van der Waals surface area contributed by atoms with E-state index in [0.717, 1.165) is 28.8 Å². The Balaban J connectivity index is 1.38. The molecule has 0 spiro atoms. The molecule has 9 nitrogen and oxygen atoms in total. The van der Waals surface area contributed by atoms with Crippen molar-refractivity contribution >= 4 is 5.91 Å². The largest absolute Gasteiger partial charge is 0.457 e. The highest BCUT2D eigenvalue weighted by molar-refractivity contribution is 5.89. The van der Waals surface area contributed by atoms with Crippen LogP contribution in [0.1, 0.15) is 35.8 Å². The van der Waals surface area contributed by atoms with Crippen molar-refractivity contribution in [1.82, 2.24) is 14.9 Å². The number of aliphatic hydroxyl groups is 1. The summed E-state index contributed by atoms with van der Waals surface area (Å²) in [5, 5.41) is 13.0.